The fourth-order valence-corrected chi connectivity index (χ4v) is 3.41. The number of nitrogens with zero attached hydrogens (tertiary/aromatic N) is 1. The Morgan fingerprint density at radius 2 is 1.93 bits per heavy atom. The highest BCUT2D eigenvalue weighted by molar-refractivity contribution is 8.18. The van der Waals surface area contributed by atoms with Gasteiger partial charge in [-0.3, -0.25) is 19.3 Å². The molecule has 0 unspecified atom stereocenters. The standard InChI is InChI=1S/C19H22ClNO6S/c1-6-26-14-7-11(12(20)9-13(14)25-5)8-15-17(23)21(18(24)28-15)10-16(22)27-19(2,3)4/h7-9H,6,10H2,1-5H3. The van der Waals surface area contributed by atoms with E-state index in [-0.39, 0.29) is 4.91 Å². The summed E-state index contributed by atoms with van der Waals surface area (Å²) in [7, 11) is 1.50. The summed E-state index contributed by atoms with van der Waals surface area (Å²) in [4.78, 5) is 37.7. The van der Waals surface area contributed by atoms with Crippen LogP contribution in [0.25, 0.3) is 6.08 Å². The minimum absolute atomic E-state index is 0.156. The predicted octanol–water partition coefficient (Wildman–Crippen LogP) is 4.13. The van der Waals surface area contributed by atoms with E-state index in [9.17, 15) is 14.4 Å². The summed E-state index contributed by atoms with van der Waals surface area (Å²) < 4.78 is 15.9. The Bertz CT molecular complexity index is 830. The summed E-state index contributed by atoms with van der Waals surface area (Å²) in [5.74, 6) is -0.307. The molecule has 0 spiro atoms. The molecule has 0 atom stereocenters. The molecule has 0 N–H and O–H groups in total. The number of amides is 2. The van der Waals surface area contributed by atoms with Crippen molar-refractivity contribution in [2.45, 2.75) is 33.3 Å². The highest BCUT2D eigenvalue weighted by Gasteiger charge is 2.37. The van der Waals surface area contributed by atoms with E-state index in [0.29, 0.717) is 28.7 Å². The molecule has 1 heterocycles. The van der Waals surface area contributed by atoms with E-state index in [0.717, 1.165) is 16.7 Å². The van der Waals surface area contributed by atoms with Gasteiger partial charge in [0.05, 0.1) is 23.6 Å². The van der Waals surface area contributed by atoms with Crippen molar-refractivity contribution >= 4 is 46.6 Å². The number of carbonyl (C=O) groups excluding carboxylic acids is 3. The molecule has 1 aromatic carbocycles. The quantitative estimate of drug-likeness (QED) is 0.498. The zero-order valence-corrected chi connectivity index (χ0v) is 17.9. The number of benzene rings is 1. The van der Waals surface area contributed by atoms with Crippen LogP contribution in [0.15, 0.2) is 17.0 Å². The van der Waals surface area contributed by atoms with Crippen molar-refractivity contribution in [2.24, 2.45) is 0 Å². The van der Waals surface area contributed by atoms with Gasteiger partial charge in [-0.25, -0.2) is 0 Å². The summed E-state index contributed by atoms with van der Waals surface area (Å²) in [5, 5.41) is -0.212. The zero-order valence-electron chi connectivity index (χ0n) is 16.3. The SMILES string of the molecule is CCOc1cc(C=C2SC(=O)N(CC(=O)OC(C)(C)C)C2=O)c(Cl)cc1OC. The van der Waals surface area contributed by atoms with Gasteiger partial charge >= 0.3 is 5.97 Å². The van der Waals surface area contributed by atoms with Gasteiger partial charge in [-0.05, 0) is 57.2 Å². The van der Waals surface area contributed by atoms with Crippen LogP contribution in [-0.4, -0.2) is 47.9 Å². The molecular formula is C19H22ClNO6S. The van der Waals surface area contributed by atoms with Crippen LogP contribution in [0.4, 0.5) is 4.79 Å². The molecule has 9 heteroatoms. The topological polar surface area (TPSA) is 82.1 Å². The molecule has 0 radical (unpaired) electrons. The molecule has 2 rings (SSSR count). The Labute approximate surface area is 172 Å². The van der Waals surface area contributed by atoms with Gasteiger partial charge in [-0.15, -0.1) is 0 Å². The first-order valence-electron chi connectivity index (χ1n) is 8.53. The molecule has 2 amide bonds. The number of carbonyl (C=O) groups is 3. The first-order valence-corrected chi connectivity index (χ1v) is 9.72. The van der Waals surface area contributed by atoms with Crippen molar-refractivity contribution in [1.82, 2.24) is 4.90 Å². The second kappa shape index (κ2) is 8.87. The average molecular weight is 428 g/mol. The molecule has 28 heavy (non-hydrogen) atoms. The second-order valence-electron chi connectivity index (χ2n) is 6.81. The van der Waals surface area contributed by atoms with Crippen LogP contribution in [-0.2, 0) is 14.3 Å². The van der Waals surface area contributed by atoms with Gasteiger partial charge in [-0.1, -0.05) is 11.6 Å². The smallest absolute Gasteiger partial charge is 0.326 e. The van der Waals surface area contributed by atoms with Crippen LogP contribution < -0.4 is 9.47 Å². The minimum atomic E-state index is -0.707. The number of halogens is 1. The van der Waals surface area contributed by atoms with Crippen LogP contribution >= 0.6 is 23.4 Å². The molecule has 1 fully saturated rings. The molecule has 0 bridgehead atoms. The summed E-state index contributed by atoms with van der Waals surface area (Å²) in [5.41, 5.74) is -0.213. The maximum Gasteiger partial charge on any atom is 0.326 e. The van der Waals surface area contributed by atoms with Crippen LogP contribution in [0.5, 0.6) is 11.5 Å². The van der Waals surface area contributed by atoms with Crippen molar-refractivity contribution in [3.63, 3.8) is 0 Å². The Hall–Kier alpha value is -2.19. The fraction of sp³-hybridized carbons (Fsp3) is 0.421. The van der Waals surface area contributed by atoms with E-state index in [1.54, 1.807) is 32.9 Å². The van der Waals surface area contributed by atoms with E-state index in [1.165, 1.54) is 13.2 Å². The minimum Gasteiger partial charge on any atom is -0.493 e. The first kappa shape index (κ1) is 22.1. The number of thioether (sulfide) groups is 1. The largest absolute Gasteiger partial charge is 0.493 e. The molecule has 1 aliphatic rings. The van der Waals surface area contributed by atoms with Crippen LogP contribution in [0, 0.1) is 0 Å². The lowest BCUT2D eigenvalue weighted by Crippen LogP contribution is -2.37. The Kier molecular flexibility index (Phi) is 7.01. The number of imide groups is 1. The van der Waals surface area contributed by atoms with Gasteiger partial charge < -0.3 is 14.2 Å². The van der Waals surface area contributed by atoms with Crippen LogP contribution in [0.2, 0.25) is 5.02 Å². The van der Waals surface area contributed by atoms with E-state index in [2.05, 4.69) is 0 Å². The summed E-state index contributed by atoms with van der Waals surface area (Å²) >= 11 is 7.00. The van der Waals surface area contributed by atoms with E-state index >= 15 is 0 Å². The third-order valence-corrected chi connectivity index (χ3v) is 4.68. The average Bonchev–Trinajstić information content (AvgIpc) is 2.83. The normalized spacial score (nSPS) is 15.9. The van der Waals surface area contributed by atoms with Gasteiger partial charge in [0, 0.05) is 6.07 Å². The summed E-state index contributed by atoms with van der Waals surface area (Å²) in [6, 6.07) is 3.20. The van der Waals surface area contributed by atoms with Gasteiger partial charge in [-0.2, -0.15) is 0 Å². The van der Waals surface area contributed by atoms with Gasteiger partial charge in [0.1, 0.15) is 12.1 Å². The van der Waals surface area contributed by atoms with E-state index in [1.807, 2.05) is 6.92 Å². The predicted molar refractivity (Wildman–Crippen MR) is 108 cm³/mol. The van der Waals surface area contributed by atoms with Gasteiger partial charge in [0.2, 0.25) is 0 Å². The lowest BCUT2D eigenvalue weighted by Gasteiger charge is -2.21. The molecular weight excluding hydrogens is 406 g/mol. The van der Waals surface area contributed by atoms with Crippen LogP contribution in [0.1, 0.15) is 33.3 Å². The highest BCUT2D eigenvalue weighted by Crippen LogP contribution is 2.37. The first-order chi connectivity index (χ1) is 13.1. The van der Waals surface area contributed by atoms with Gasteiger partial charge in [0.25, 0.3) is 11.1 Å². The molecule has 0 saturated carbocycles. The monoisotopic (exact) mass is 427 g/mol. The van der Waals surface area contributed by atoms with Crippen molar-refractivity contribution in [3.05, 3.63) is 27.6 Å². The molecule has 1 aromatic rings. The third kappa shape index (κ3) is 5.42. The Morgan fingerprint density at radius 1 is 1.25 bits per heavy atom. The number of methoxy groups -OCH3 is 1. The Balaban J connectivity index is 2.26. The summed E-state index contributed by atoms with van der Waals surface area (Å²) in [6.45, 7) is 6.93. The second-order valence-corrected chi connectivity index (χ2v) is 8.21. The Morgan fingerprint density at radius 3 is 2.50 bits per heavy atom. The number of rotatable bonds is 6. The van der Waals surface area contributed by atoms with Crippen LogP contribution in [0.3, 0.4) is 0 Å². The molecule has 152 valence electrons. The molecule has 0 aliphatic carbocycles. The molecule has 7 nitrogen and oxygen atoms in total. The van der Waals surface area contributed by atoms with Crippen molar-refractivity contribution in [2.75, 3.05) is 20.3 Å². The highest BCUT2D eigenvalue weighted by atomic mass is 35.5. The number of esters is 1. The molecule has 0 aromatic heterocycles. The molecule has 1 saturated heterocycles. The maximum absolute atomic E-state index is 12.6. The molecule has 1 aliphatic heterocycles. The number of ether oxygens (including phenoxy) is 3. The summed E-state index contributed by atoms with van der Waals surface area (Å²) in [6.07, 6.45) is 1.49. The van der Waals surface area contributed by atoms with Crippen molar-refractivity contribution < 1.29 is 28.6 Å². The fourth-order valence-electron chi connectivity index (χ4n) is 2.37. The third-order valence-electron chi connectivity index (χ3n) is 3.45. The van der Waals surface area contributed by atoms with Gasteiger partial charge in [0.15, 0.2) is 11.5 Å². The lowest BCUT2D eigenvalue weighted by atomic mass is 10.1. The van der Waals surface area contributed by atoms with E-state index < -0.39 is 29.3 Å². The maximum atomic E-state index is 12.6. The van der Waals surface area contributed by atoms with Crippen molar-refractivity contribution in [3.8, 4) is 11.5 Å². The number of hydrogen-bond acceptors (Lipinski definition) is 7. The lowest BCUT2D eigenvalue weighted by molar-refractivity contribution is -0.156. The van der Waals surface area contributed by atoms with Crippen molar-refractivity contribution in [1.29, 1.82) is 0 Å². The number of hydrogen-bond donors (Lipinski definition) is 0. The van der Waals surface area contributed by atoms with E-state index in [4.69, 9.17) is 25.8 Å². The zero-order chi connectivity index (χ0) is 21.1.